The molecule has 0 fully saturated rings. The highest BCUT2D eigenvalue weighted by Gasteiger charge is 2.18. The van der Waals surface area contributed by atoms with Crippen LogP contribution in [-0.2, 0) is 4.79 Å². The number of oxazole rings is 1. The van der Waals surface area contributed by atoms with Crippen LogP contribution in [0.3, 0.4) is 0 Å². The molecule has 0 saturated carbocycles. The van der Waals surface area contributed by atoms with Gasteiger partial charge in [0.15, 0.2) is 6.04 Å². The van der Waals surface area contributed by atoms with E-state index in [9.17, 15) is 4.79 Å². The summed E-state index contributed by atoms with van der Waals surface area (Å²) in [6.07, 6.45) is 1.36. The van der Waals surface area contributed by atoms with Gasteiger partial charge >= 0.3 is 5.97 Å². The molecule has 0 bridgehead atoms. The highest BCUT2D eigenvalue weighted by atomic mass is 16.4. The second-order valence-corrected chi connectivity index (χ2v) is 2.14. The molecule has 3 N–H and O–H groups in total. The average Bonchev–Trinajstić information content (AvgIpc) is 2.34. The lowest BCUT2D eigenvalue weighted by Crippen LogP contribution is -2.20. The fourth-order valence-corrected chi connectivity index (χ4v) is 0.621. The van der Waals surface area contributed by atoms with Crippen LogP contribution < -0.4 is 5.73 Å². The van der Waals surface area contributed by atoms with Gasteiger partial charge in [-0.2, -0.15) is 0 Å². The van der Waals surface area contributed by atoms with Gasteiger partial charge in [-0.05, 0) is 6.92 Å². The summed E-state index contributed by atoms with van der Waals surface area (Å²) in [4.78, 5) is 14.0. The van der Waals surface area contributed by atoms with Crippen molar-refractivity contribution in [3.63, 3.8) is 0 Å². The molecule has 0 aromatic carbocycles. The van der Waals surface area contributed by atoms with E-state index >= 15 is 0 Å². The van der Waals surface area contributed by atoms with Gasteiger partial charge in [0.05, 0.1) is 5.69 Å². The Morgan fingerprint density at radius 3 is 2.91 bits per heavy atom. The van der Waals surface area contributed by atoms with Crippen molar-refractivity contribution in [1.82, 2.24) is 4.98 Å². The Morgan fingerprint density at radius 2 is 2.55 bits per heavy atom. The van der Waals surface area contributed by atoms with Gasteiger partial charge in [-0.15, -0.1) is 0 Å². The molecular weight excluding hydrogens is 148 g/mol. The van der Waals surface area contributed by atoms with Crippen molar-refractivity contribution >= 4 is 5.97 Å². The number of aryl methyl sites for hydroxylation is 1. The van der Waals surface area contributed by atoms with Gasteiger partial charge in [0.2, 0.25) is 5.89 Å². The standard InChI is InChI=1S/C6H8N2O3/c1-3-2-11-5(8-3)4(7)6(9)10/h2,4H,7H2,1H3,(H,9,10). The molecule has 0 aliphatic carbocycles. The Balaban J connectivity index is 2.84. The third-order valence-electron chi connectivity index (χ3n) is 1.17. The molecule has 1 rings (SSSR count). The first-order chi connectivity index (χ1) is 5.11. The summed E-state index contributed by atoms with van der Waals surface area (Å²) in [5.41, 5.74) is 5.82. The fourth-order valence-electron chi connectivity index (χ4n) is 0.621. The Labute approximate surface area is 62.8 Å². The van der Waals surface area contributed by atoms with E-state index in [-0.39, 0.29) is 5.89 Å². The van der Waals surface area contributed by atoms with E-state index in [1.807, 2.05) is 0 Å². The summed E-state index contributed by atoms with van der Waals surface area (Å²) in [5.74, 6) is -1.11. The summed E-state index contributed by atoms with van der Waals surface area (Å²) in [7, 11) is 0. The number of carboxylic acids is 1. The molecule has 5 heteroatoms. The molecule has 0 aliphatic heterocycles. The molecule has 1 unspecified atom stereocenters. The summed E-state index contributed by atoms with van der Waals surface area (Å²) < 4.78 is 4.77. The minimum Gasteiger partial charge on any atom is -0.480 e. The second-order valence-electron chi connectivity index (χ2n) is 2.14. The molecular formula is C6H8N2O3. The van der Waals surface area contributed by atoms with Crippen LogP contribution in [0, 0.1) is 6.92 Å². The number of nitrogens with zero attached hydrogens (tertiary/aromatic N) is 1. The number of rotatable bonds is 2. The van der Waals surface area contributed by atoms with Crippen LogP contribution in [0.2, 0.25) is 0 Å². The van der Waals surface area contributed by atoms with Crippen LogP contribution in [-0.4, -0.2) is 16.1 Å². The number of hydrogen-bond donors (Lipinski definition) is 2. The van der Waals surface area contributed by atoms with Crippen LogP contribution in [0.25, 0.3) is 0 Å². The first-order valence-electron chi connectivity index (χ1n) is 3.01. The van der Waals surface area contributed by atoms with E-state index < -0.39 is 12.0 Å². The van der Waals surface area contributed by atoms with Crippen LogP contribution in [0.4, 0.5) is 0 Å². The highest BCUT2D eigenvalue weighted by Crippen LogP contribution is 2.08. The SMILES string of the molecule is Cc1coc(C(N)C(=O)O)n1. The Kier molecular flexibility index (Phi) is 1.91. The van der Waals surface area contributed by atoms with E-state index in [2.05, 4.69) is 4.98 Å². The second kappa shape index (κ2) is 2.71. The van der Waals surface area contributed by atoms with E-state index in [1.165, 1.54) is 6.26 Å². The van der Waals surface area contributed by atoms with Crippen LogP contribution in [0.5, 0.6) is 0 Å². The van der Waals surface area contributed by atoms with Gasteiger partial charge in [0, 0.05) is 0 Å². The summed E-state index contributed by atoms with van der Waals surface area (Å²) in [5, 5.41) is 8.42. The molecule has 1 aromatic heterocycles. The van der Waals surface area contributed by atoms with Crippen molar-refractivity contribution in [1.29, 1.82) is 0 Å². The summed E-state index contributed by atoms with van der Waals surface area (Å²) >= 11 is 0. The zero-order chi connectivity index (χ0) is 8.43. The predicted molar refractivity (Wildman–Crippen MR) is 35.8 cm³/mol. The molecule has 0 amide bonds. The van der Waals surface area contributed by atoms with Crippen molar-refractivity contribution in [2.45, 2.75) is 13.0 Å². The molecule has 60 valence electrons. The zero-order valence-corrected chi connectivity index (χ0v) is 5.94. The Hall–Kier alpha value is -1.36. The lowest BCUT2D eigenvalue weighted by Gasteiger charge is -1.97. The molecule has 0 aliphatic rings. The zero-order valence-electron chi connectivity index (χ0n) is 5.94. The molecule has 1 aromatic rings. The highest BCUT2D eigenvalue weighted by molar-refractivity contribution is 5.73. The largest absolute Gasteiger partial charge is 0.480 e. The number of nitrogens with two attached hydrogens (primary N) is 1. The normalized spacial score (nSPS) is 12.9. The van der Waals surface area contributed by atoms with Gasteiger partial charge in [-0.1, -0.05) is 0 Å². The van der Waals surface area contributed by atoms with Crippen molar-refractivity contribution < 1.29 is 14.3 Å². The first-order valence-corrected chi connectivity index (χ1v) is 3.01. The molecule has 0 radical (unpaired) electrons. The van der Waals surface area contributed by atoms with Crippen LogP contribution in [0.15, 0.2) is 10.7 Å². The third-order valence-corrected chi connectivity index (χ3v) is 1.17. The van der Waals surface area contributed by atoms with Gasteiger partial charge in [0.1, 0.15) is 6.26 Å². The van der Waals surface area contributed by atoms with Crippen molar-refractivity contribution in [2.24, 2.45) is 5.73 Å². The van der Waals surface area contributed by atoms with Gasteiger partial charge in [-0.25, -0.2) is 9.78 Å². The smallest absolute Gasteiger partial charge is 0.330 e. The first kappa shape index (κ1) is 7.74. The minimum absolute atomic E-state index is 0.0370. The van der Waals surface area contributed by atoms with E-state index in [0.29, 0.717) is 5.69 Å². The maximum atomic E-state index is 10.3. The quantitative estimate of drug-likeness (QED) is 0.632. The number of hydrogen-bond acceptors (Lipinski definition) is 4. The van der Waals surface area contributed by atoms with Gasteiger partial charge in [-0.3, -0.25) is 0 Å². The van der Waals surface area contributed by atoms with Crippen molar-refractivity contribution in [2.75, 3.05) is 0 Å². The topological polar surface area (TPSA) is 89.3 Å². The van der Waals surface area contributed by atoms with E-state index in [0.717, 1.165) is 0 Å². The molecule has 1 atom stereocenters. The number of aromatic nitrogens is 1. The van der Waals surface area contributed by atoms with Crippen molar-refractivity contribution in [3.8, 4) is 0 Å². The average molecular weight is 156 g/mol. The molecule has 1 heterocycles. The fraction of sp³-hybridized carbons (Fsp3) is 0.333. The number of aliphatic carboxylic acids is 1. The maximum absolute atomic E-state index is 10.3. The Morgan fingerprint density at radius 1 is 1.91 bits per heavy atom. The van der Waals surface area contributed by atoms with Gasteiger partial charge in [0.25, 0.3) is 0 Å². The third kappa shape index (κ3) is 1.56. The maximum Gasteiger partial charge on any atom is 0.330 e. The lowest BCUT2D eigenvalue weighted by atomic mass is 10.3. The van der Waals surface area contributed by atoms with Crippen molar-refractivity contribution in [3.05, 3.63) is 17.8 Å². The number of carbonyl (C=O) groups is 1. The lowest BCUT2D eigenvalue weighted by molar-refractivity contribution is -0.139. The molecule has 0 saturated heterocycles. The van der Waals surface area contributed by atoms with Gasteiger partial charge < -0.3 is 15.3 Å². The molecule has 11 heavy (non-hydrogen) atoms. The number of carboxylic acid groups (broad SMARTS) is 1. The summed E-state index contributed by atoms with van der Waals surface area (Å²) in [6, 6.07) is -1.16. The molecule has 5 nitrogen and oxygen atoms in total. The predicted octanol–water partition coefficient (Wildman–Crippen LogP) is 0.0674. The van der Waals surface area contributed by atoms with E-state index in [1.54, 1.807) is 6.92 Å². The monoisotopic (exact) mass is 156 g/mol. The Bertz CT molecular complexity index is 269. The minimum atomic E-state index is -1.16. The summed E-state index contributed by atoms with van der Waals surface area (Å²) in [6.45, 7) is 1.70. The molecule has 0 spiro atoms. The van der Waals surface area contributed by atoms with E-state index in [4.69, 9.17) is 15.3 Å². The van der Waals surface area contributed by atoms with Crippen LogP contribution in [0.1, 0.15) is 17.6 Å². The van der Waals surface area contributed by atoms with Crippen LogP contribution >= 0.6 is 0 Å².